The standard InChI is InChI=1S/C10H24N4O2S/c1-9(2)10(8-12-17(11,15)16)14-6-4-13(3)5-7-14/h9-10,12H,4-8H2,1-3H3,(H2,11,15,16). The second-order valence-corrected chi connectivity index (χ2v) is 6.42. The number of nitrogens with two attached hydrogens (primary N) is 1. The fourth-order valence-corrected chi connectivity index (χ4v) is 2.54. The third-order valence-corrected chi connectivity index (χ3v) is 3.84. The Morgan fingerprint density at radius 1 is 1.24 bits per heavy atom. The van der Waals surface area contributed by atoms with E-state index in [0.29, 0.717) is 12.5 Å². The van der Waals surface area contributed by atoms with Crippen molar-refractivity contribution in [2.75, 3.05) is 39.8 Å². The van der Waals surface area contributed by atoms with E-state index in [9.17, 15) is 8.42 Å². The smallest absolute Gasteiger partial charge is 0.274 e. The summed E-state index contributed by atoms with van der Waals surface area (Å²) in [5, 5.41) is 4.97. The average molecular weight is 264 g/mol. The van der Waals surface area contributed by atoms with E-state index in [1.807, 2.05) is 0 Å². The van der Waals surface area contributed by atoms with E-state index in [4.69, 9.17) is 5.14 Å². The minimum Gasteiger partial charge on any atom is -0.304 e. The average Bonchev–Trinajstić information content (AvgIpc) is 2.18. The van der Waals surface area contributed by atoms with Gasteiger partial charge in [0.05, 0.1) is 0 Å². The van der Waals surface area contributed by atoms with E-state index < -0.39 is 10.2 Å². The normalized spacial score (nSPS) is 21.9. The van der Waals surface area contributed by atoms with Crippen molar-refractivity contribution in [3.63, 3.8) is 0 Å². The Hall–Kier alpha value is -0.210. The first-order chi connectivity index (χ1) is 7.79. The molecule has 17 heavy (non-hydrogen) atoms. The van der Waals surface area contributed by atoms with Gasteiger partial charge in [0.25, 0.3) is 10.2 Å². The van der Waals surface area contributed by atoms with Crippen LogP contribution in [0.5, 0.6) is 0 Å². The first-order valence-corrected chi connectivity index (χ1v) is 7.54. The van der Waals surface area contributed by atoms with Crippen molar-refractivity contribution >= 4 is 10.2 Å². The Morgan fingerprint density at radius 2 is 1.76 bits per heavy atom. The summed E-state index contributed by atoms with van der Waals surface area (Å²) in [7, 11) is -1.49. The zero-order valence-electron chi connectivity index (χ0n) is 10.9. The van der Waals surface area contributed by atoms with Crippen LogP contribution in [0.4, 0.5) is 0 Å². The predicted octanol–water partition coefficient (Wildman–Crippen LogP) is -0.948. The van der Waals surface area contributed by atoms with Crippen LogP contribution in [0.25, 0.3) is 0 Å². The number of nitrogens with one attached hydrogen (secondary N) is 1. The number of piperazine rings is 1. The fraction of sp³-hybridized carbons (Fsp3) is 1.00. The third-order valence-electron chi connectivity index (χ3n) is 3.27. The molecule has 1 rings (SSSR count). The Morgan fingerprint density at radius 3 is 2.18 bits per heavy atom. The van der Waals surface area contributed by atoms with E-state index in [1.165, 1.54) is 0 Å². The molecule has 6 nitrogen and oxygen atoms in total. The Bertz CT molecular complexity index is 323. The maximum atomic E-state index is 10.9. The van der Waals surface area contributed by atoms with Crippen molar-refractivity contribution < 1.29 is 8.42 Å². The van der Waals surface area contributed by atoms with Crippen LogP contribution < -0.4 is 9.86 Å². The molecular formula is C10H24N4O2S. The highest BCUT2D eigenvalue weighted by atomic mass is 32.2. The molecule has 0 aliphatic carbocycles. The van der Waals surface area contributed by atoms with Crippen LogP contribution in [0.2, 0.25) is 0 Å². The maximum absolute atomic E-state index is 10.9. The van der Waals surface area contributed by atoms with Crippen molar-refractivity contribution in [3.05, 3.63) is 0 Å². The van der Waals surface area contributed by atoms with Crippen molar-refractivity contribution in [2.45, 2.75) is 19.9 Å². The molecule has 7 heteroatoms. The van der Waals surface area contributed by atoms with Gasteiger partial charge in [-0.2, -0.15) is 8.42 Å². The number of hydrogen-bond donors (Lipinski definition) is 2. The summed E-state index contributed by atoms with van der Waals surface area (Å²) in [6.07, 6.45) is 0. The lowest BCUT2D eigenvalue weighted by Gasteiger charge is -2.39. The Kier molecular flexibility index (Phi) is 5.33. The molecule has 0 spiro atoms. The van der Waals surface area contributed by atoms with E-state index in [1.54, 1.807) is 0 Å². The quantitative estimate of drug-likeness (QED) is 0.671. The minimum atomic E-state index is -3.59. The van der Waals surface area contributed by atoms with Crippen LogP contribution in [-0.4, -0.2) is 64.0 Å². The van der Waals surface area contributed by atoms with Gasteiger partial charge in [-0.05, 0) is 13.0 Å². The zero-order chi connectivity index (χ0) is 13.1. The largest absolute Gasteiger partial charge is 0.304 e. The topological polar surface area (TPSA) is 78.7 Å². The second-order valence-electron chi connectivity index (χ2n) is 5.04. The molecule has 0 aromatic heterocycles. The molecular weight excluding hydrogens is 240 g/mol. The van der Waals surface area contributed by atoms with E-state index in [0.717, 1.165) is 26.2 Å². The molecule has 1 heterocycles. The fourth-order valence-electron chi connectivity index (χ4n) is 2.14. The summed E-state index contributed by atoms with van der Waals surface area (Å²) in [6, 6.07) is 0.210. The molecule has 0 aromatic carbocycles. The Balaban J connectivity index is 2.54. The summed E-state index contributed by atoms with van der Waals surface area (Å²) in [4.78, 5) is 4.61. The van der Waals surface area contributed by atoms with Gasteiger partial charge in [-0.25, -0.2) is 9.86 Å². The highest BCUT2D eigenvalue weighted by molar-refractivity contribution is 7.87. The molecule has 0 bridgehead atoms. The molecule has 0 radical (unpaired) electrons. The molecule has 0 aromatic rings. The first-order valence-electron chi connectivity index (χ1n) is 5.99. The highest BCUT2D eigenvalue weighted by Gasteiger charge is 2.25. The predicted molar refractivity (Wildman–Crippen MR) is 68.8 cm³/mol. The van der Waals surface area contributed by atoms with E-state index in [2.05, 4.69) is 35.4 Å². The SMILES string of the molecule is CC(C)C(CNS(N)(=O)=O)N1CCN(C)CC1. The van der Waals surface area contributed by atoms with Gasteiger partial charge >= 0.3 is 0 Å². The number of rotatable bonds is 5. The molecule has 0 saturated carbocycles. The van der Waals surface area contributed by atoms with Gasteiger partial charge in [0.2, 0.25) is 0 Å². The van der Waals surface area contributed by atoms with Crippen molar-refractivity contribution in [1.29, 1.82) is 0 Å². The van der Waals surface area contributed by atoms with E-state index >= 15 is 0 Å². The summed E-state index contributed by atoms with van der Waals surface area (Å²) < 4.78 is 24.3. The molecule has 1 unspecified atom stereocenters. The van der Waals surface area contributed by atoms with Crippen LogP contribution in [0.3, 0.4) is 0 Å². The molecule has 1 atom stereocenters. The number of hydrogen-bond acceptors (Lipinski definition) is 4. The number of likely N-dealkylation sites (N-methyl/N-ethyl adjacent to an activating group) is 1. The third kappa shape index (κ3) is 5.31. The van der Waals surface area contributed by atoms with Gasteiger partial charge in [-0.1, -0.05) is 13.8 Å². The molecule has 1 saturated heterocycles. The summed E-state index contributed by atoms with van der Waals surface area (Å²) >= 11 is 0. The molecule has 3 N–H and O–H groups in total. The van der Waals surface area contributed by atoms with Gasteiger partial charge in [-0.15, -0.1) is 0 Å². The van der Waals surface area contributed by atoms with Crippen molar-refractivity contribution in [1.82, 2.24) is 14.5 Å². The van der Waals surface area contributed by atoms with Crippen LogP contribution in [0.1, 0.15) is 13.8 Å². The summed E-state index contributed by atoms with van der Waals surface area (Å²) in [5.41, 5.74) is 0. The van der Waals surface area contributed by atoms with Gasteiger partial charge in [0.15, 0.2) is 0 Å². The Labute approximate surface area is 104 Å². The van der Waals surface area contributed by atoms with Gasteiger partial charge in [0, 0.05) is 38.8 Å². The van der Waals surface area contributed by atoms with E-state index in [-0.39, 0.29) is 6.04 Å². The molecule has 102 valence electrons. The molecule has 0 amide bonds. The lowest BCUT2D eigenvalue weighted by Crippen LogP contribution is -2.54. The van der Waals surface area contributed by atoms with Crippen LogP contribution in [0.15, 0.2) is 0 Å². The van der Waals surface area contributed by atoms with Crippen molar-refractivity contribution in [3.8, 4) is 0 Å². The molecule has 1 aliphatic rings. The van der Waals surface area contributed by atoms with Crippen molar-refractivity contribution in [2.24, 2.45) is 11.1 Å². The lowest BCUT2D eigenvalue weighted by molar-refractivity contribution is 0.0905. The summed E-state index contributed by atoms with van der Waals surface area (Å²) in [5.74, 6) is 0.396. The zero-order valence-corrected chi connectivity index (χ0v) is 11.7. The highest BCUT2D eigenvalue weighted by Crippen LogP contribution is 2.12. The second kappa shape index (κ2) is 6.10. The van der Waals surface area contributed by atoms with Gasteiger partial charge in [0.1, 0.15) is 0 Å². The molecule has 1 aliphatic heterocycles. The summed E-state index contributed by atoms with van der Waals surface area (Å²) in [6.45, 7) is 8.61. The minimum absolute atomic E-state index is 0.210. The maximum Gasteiger partial charge on any atom is 0.274 e. The number of nitrogens with zero attached hydrogens (tertiary/aromatic N) is 2. The lowest BCUT2D eigenvalue weighted by atomic mass is 10.0. The van der Waals surface area contributed by atoms with Crippen LogP contribution >= 0.6 is 0 Å². The monoisotopic (exact) mass is 264 g/mol. The van der Waals surface area contributed by atoms with Crippen LogP contribution in [0, 0.1) is 5.92 Å². The first kappa shape index (κ1) is 14.8. The van der Waals surface area contributed by atoms with Gasteiger partial charge < -0.3 is 4.90 Å². The van der Waals surface area contributed by atoms with Crippen LogP contribution in [-0.2, 0) is 10.2 Å². The molecule has 1 fully saturated rings. The van der Waals surface area contributed by atoms with Gasteiger partial charge in [-0.3, -0.25) is 4.90 Å².